The second-order valence-electron chi connectivity index (χ2n) is 7.62. The molecule has 0 saturated carbocycles. The third-order valence-corrected chi connectivity index (χ3v) is 5.13. The van der Waals surface area contributed by atoms with E-state index in [1.165, 1.54) is 0 Å². The van der Waals surface area contributed by atoms with Crippen LogP contribution in [-0.2, 0) is 22.7 Å². The second-order valence-corrected chi connectivity index (χ2v) is 7.62. The van der Waals surface area contributed by atoms with Crippen molar-refractivity contribution in [3.63, 3.8) is 0 Å². The highest BCUT2D eigenvalue weighted by Crippen LogP contribution is 2.32. The quantitative estimate of drug-likeness (QED) is 0.772. The molecule has 1 aliphatic heterocycles. The van der Waals surface area contributed by atoms with Crippen LogP contribution >= 0.6 is 0 Å². The summed E-state index contributed by atoms with van der Waals surface area (Å²) in [6.07, 6.45) is 7.27. The Bertz CT molecular complexity index is 785. The Labute approximate surface area is 159 Å². The number of amides is 2. The van der Waals surface area contributed by atoms with Crippen LogP contribution in [0.25, 0.3) is 0 Å². The van der Waals surface area contributed by atoms with E-state index in [0.717, 1.165) is 24.3 Å². The summed E-state index contributed by atoms with van der Waals surface area (Å²) in [7, 11) is 1.78. The first-order chi connectivity index (χ1) is 12.9. The van der Waals surface area contributed by atoms with Crippen molar-refractivity contribution < 1.29 is 14.1 Å². The number of likely N-dealkylation sites (tertiary alicyclic amines) is 1. The maximum Gasteiger partial charge on any atom is 0.230 e. The summed E-state index contributed by atoms with van der Waals surface area (Å²) in [5.41, 5.74) is 0.159. The van der Waals surface area contributed by atoms with Crippen molar-refractivity contribution in [1.82, 2.24) is 24.5 Å². The molecule has 1 atom stereocenters. The highest BCUT2D eigenvalue weighted by Gasteiger charge is 2.40. The van der Waals surface area contributed by atoms with Gasteiger partial charge < -0.3 is 18.9 Å². The van der Waals surface area contributed by atoms with Gasteiger partial charge in [0.05, 0.1) is 18.3 Å². The van der Waals surface area contributed by atoms with Gasteiger partial charge >= 0.3 is 0 Å². The van der Waals surface area contributed by atoms with E-state index in [1.807, 2.05) is 35.6 Å². The molecule has 0 aliphatic carbocycles. The molecule has 2 amide bonds. The van der Waals surface area contributed by atoms with Crippen molar-refractivity contribution >= 4 is 11.8 Å². The van der Waals surface area contributed by atoms with Crippen LogP contribution < -0.4 is 0 Å². The van der Waals surface area contributed by atoms with E-state index >= 15 is 0 Å². The van der Waals surface area contributed by atoms with Gasteiger partial charge in [0.1, 0.15) is 11.5 Å². The topological polar surface area (TPSA) is 84.5 Å². The SMILES string of the molecule is Cc1cc(CN(C)C(=O)C2(C)CCCN(C(=O)CCn3ccnc3)C2)no1. The molecule has 3 heterocycles. The lowest BCUT2D eigenvalue weighted by Gasteiger charge is -2.41. The number of imidazole rings is 1. The first-order valence-electron chi connectivity index (χ1n) is 9.29. The average molecular weight is 373 g/mol. The molecule has 146 valence electrons. The van der Waals surface area contributed by atoms with Crippen LogP contribution in [0.15, 0.2) is 29.3 Å². The van der Waals surface area contributed by atoms with Crippen LogP contribution in [0.2, 0.25) is 0 Å². The molecule has 8 heteroatoms. The first kappa shape index (κ1) is 19.1. The maximum atomic E-state index is 13.1. The van der Waals surface area contributed by atoms with Crippen LogP contribution in [0.5, 0.6) is 0 Å². The lowest BCUT2D eigenvalue weighted by atomic mass is 9.80. The van der Waals surface area contributed by atoms with Crippen molar-refractivity contribution in [2.75, 3.05) is 20.1 Å². The molecular weight excluding hydrogens is 346 g/mol. The van der Waals surface area contributed by atoms with Gasteiger partial charge in [-0.15, -0.1) is 0 Å². The predicted molar refractivity (Wildman–Crippen MR) is 98.5 cm³/mol. The Morgan fingerprint density at radius 3 is 2.89 bits per heavy atom. The maximum absolute atomic E-state index is 13.1. The number of rotatable bonds is 6. The number of piperidine rings is 1. The molecule has 1 aliphatic rings. The lowest BCUT2D eigenvalue weighted by molar-refractivity contribution is -0.147. The van der Waals surface area contributed by atoms with E-state index in [-0.39, 0.29) is 11.8 Å². The van der Waals surface area contributed by atoms with E-state index in [0.29, 0.717) is 32.6 Å². The van der Waals surface area contributed by atoms with E-state index in [9.17, 15) is 9.59 Å². The van der Waals surface area contributed by atoms with Gasteiger partial charge in [-0.05, 0) is 26.7 Å². The molecule has 3 rings (SSSR count). The van der Waals surface area contributed by atoms with Gasteiger partial charge in [-0.25, -0.2) is 4.98 Å². The van der Waals surface area contributed by atoms with Gasteiger partial charge in [0.15, 0.2) is 0 Å². The van der Waals surface area contributed by atoms with Crippen molar-refractivity contribution in [2.45, 2.75) is 46.2 Å². The summed E-state index contributed by atoms with van der Waals surface area (Å²) in [5, 5.41) is 3.96. The van der Waals surface area contributed by atoms with E-state index in [2.05, 4.69) is 10.1 Å². The summed E-state index contributed by atoms with van der Waals surface area (Å²) in [5.74, 6) is 0.844. The zero-order chi connectivity index (χ0) is 19.4. The highest BCUT2D eigenvalue weighted by atomic mass is 16.5. The van der Waals surface area contributed by atoms with Gasteiger partial charge in [0.25, 0.3) is 0 Å². The van der Waals surface area contributed by atoms with Crippen LogP contribution in [0.3, 0.4) is 0 Å². The molecule has 8 nitrogen and oxygen atoms in total. The Hall–Kier alpha value is -2.64. The largest absolute Gasteiger partial charge is 0.361 e. The van der Waals surface area contributed by atoms with Crippen LogP contribution in [0, 0.1) is 12.3 Å². The number of hydrogen-bond acceptors (Lipinski definition) is 5. The van der Waals surface area contributed by atoms with Crippen molar-refractivity contribution in [3.8, 4) is 0 Å². The molecule has 2 aromatic heterocycles. The van der Waals surface area contributed by atoms with Crippen molar-refractivity contribution in [1.29, 1.82) is 0 Å². The summed E-state index contributed by atoms with van der Waals surface area (Å²) in [4.78, 5) is 33.2. The number of aryl methyl sites for hydroxylation is 2. The minimum Gasteiger partial charge on any atom is -0.361 e. The zero-order valence-electron chi connectivity index (χ0n) is 16.2. The molecule has 0 radical (unpaired) electrons. The summed E-state index contributed by atoms with van der Waals surface area (Å²) in [6.45, 7) is 5.95. The smallest absolute Gasteiger partial charge is 0.230 e. The fraction of sp³-hybridized carbons (Fsp3) is 0.579. The normalized spacial score (nSPS) is 19.9. The molecule has 27 heavy (non-hydrogen) atoms. The van der Waals surface area contributed by atoms with E-state index in [4.69, 9.17) is 4.52 Å². The molecule has 1 unspecified atom stereocenters. The lowest BCUT2D eigenvalue weighted by Crippen LogP contribution is -2.52. The monoisotopic (exact) mass is 373 g/mol. The molecule has 0 spiro atoms. The van der Waals surface area contributed by atoms with Crippen LogP contribution in [-0.4, -0.2) is 56.5 Å². The molecule has 2 aromatic rings. The Morgan fingerprint density at radius 2 is 2.22 bits per heavy atom. The summed E-state index contributed by atoms with van der Waals surface area (Å²) in [6, 6.07) is 1.83. The van der Waals surface area contributed by atoms with Crippen LogP contribution in [0.1, 0.15) is 37.6 Å². The zero-order valence-corrected chi connectivity index (χ0v) is 16.2. The third kappa shape index (κ3) is 4.56. The van der Waals surface area contributed by atoms with Crippen molar-refractivity contribution in [2.24, 2.45) is 5.41 Å². The average Bonchev–Trinajstić information content (AvgIpc) is 3.30. The number of carbonyl (C=O) groups excluding carboxylic acids is 2. The Balaban J connectivity index is 1.58. The predicted octanol–water partition coefficient (Wildman–Crippen LogP) is 1.86. The van der Waals surface area contributed by atoms with Crippen LogP contribution in [0.4, 0.5) is 0 Å². The number of aromatic nitrogens is 3. The molecule has 1 saturated heterocycles. The molecular formula is C19H27N5O3. The number of carbonyl (C=O) groups is 2. The minimum absolute atomic E-state index is 0.0373. The van der Waals surface area contributed by atoms with Gasteiger partial charge in [0.2, 0.25) is 11.8 Å². The molecule has 0 aromatic carbocycles. The molecule has 0 bridgehead atoms. The Kier molecular flexibility index (Phi) is 5.62. The standard InChI is InChI=1S/C19H27N5O3/c1-15-11-16(21-27-15)12-22(3)18(26)19(2)6-4-8-24(13-19)17(25)5-9-23-10-7-20-14-23/h7,10-11,14H,4-6,8-9,12-13H2,1-3H3. The fourth-order valence-electron chi connectivity index (χ4n) is 3.70. The first-order valence-corrected chi connectivity index (χ1v) is 9.29. The van der Waals surface area contributed by atoms with E-state index in [1.54, 1.807) is 24.5 Å². The second kappa shape index (κ2) is 7.94. The van der Waals surface area contributed by atoms with Gasteiger partial charge in [0, 0.05) is 51.6 Å². The fourth-order valence-corrected chi connectivity index (χ4v) is 3.70. The molecule has 1 fully saturated rings. The molecule has 0 N–H and O–H groups in total. The Morgan fingerprint density at radius 1 is 1.41 bits per heavy atom. The minimum atomic E-state index is -0.573. The summed E-state index contributed by atoms with van der Waals surface area (Å²) >= 11 is 0. The summed E-state index contributed by atoms with van der Waals surface area (Å²) < 4.78 is 6.96. The van der Waals surface area contributed by atoms with Gasteiger partial charge in [-0.3, -0.25) is 9.59 Å². The third-order valence-electron chi connectivity index (χ3n) is 5.13. The van der Waals surface area contributed by atoms with Gasteiger partial charge in [-0.1, -0.05) is 5.16 Å². The number of nitrogens with zero attached hydrogens (tertiary/aromatic N) is 5. The van der Waals surface area contributed by atoms with E-state index < -0.39 is 5.41 Å². The van der Waals surface area contributed by atoms with Crippen molar-refractivity contribution in [3.05, 3.63) is 36.2 Å². The van der Waals surface area contributed by atoms with Gasteiger partial charge in [-0.2, -0.15) is 0 Å². The highest BCUT2D eigenvalue weighted by molar-refractivity contribution is 5.84. The number of hydrogen-bond donors (Lipinski definition) is 0.